The number of hydrogen-bond donors (Lipinski definition) is 2. The van der Waals surface area contributed by atoms with E-state index in [-0.39, 0.29) is 12.1 Å². The minimum Gasteiger partial charge on any atom is -0.392 e. The molecule has 11 heavy (non-hydrogen) atoms. The van der Waals surface area contributed by atoms with Crippen LogP contribution in [0.25, 0.3) is 0 Å². The zero-order valence-corrected chi connectivity index (χ0v) is 7.51. The van der Waals surface area contributed by atoms with Crippen molar-refractivity contribution in [3.05, 3.63) is 0 Å². The average Bonchev–Trinajstić information content (AvgIpc) is 2.39. The molecule has 2 N–H and O–H groups in total. The van der Waals surface area contributed by atoms with E-state index in [0.717, 1.165) is 0 Å². The molecule has 1 aliphatic carbocycles. The van der Waals surface area contributed by atoms with Gasteiger partial charge in [-0.15, -0.1) is 0 Å². The third-order valence-electron chi connectivity index (χ3n) is 2.58. The summed E-state index contributed by atoms with van der Waals surface area (Å²) in [7, 11) is 0. The summed E-state index contributed by atoms with van der Waals surface area (Å²) >= 11 is 0. The van der Waals surface area contributed by atoms with E-state index in [1.807, 2.05) is 13.8 Å². The summed E-state index contributed by atoms with van der Waals surface area (Å²) in [5.74, 6) is 0. The number of aliphatic hydroxyl groups excluding tert-OH is 1. The topological polar surface area (TPSA) is 32.3 Å². The van der Waals surface area contributed by atoms with Crippen molar-refractivity contribution >= 4 is 0 Å². The monoisotopic (exact) mass is 157 g/mol. The van der Waals surface area contributed by atoms with Gasteiger partial charge in [0.1, 0.15) is 0 Å². The van der Waals surface area contributed by atoms with Gasteiger partial charge in [0, 0.05) is 12.1 Å². The maximum absolute atomic E-state index is 9.22. The van der Waals surface area contributed by atoms with Gasteiger partial charge >= 0.3 is 0 Å². The molecule has 2 heteroatoms. The molecule has 0 aromatic heterocycles. The van der Waals surface area contributed by atoms with Crippen molar-refractivity contribution < 1.29 is 5.11 Å². The molecule has 0 aromatic rings. The van der Waals surface area contributed by atoms with Crippen LogP contribution in [-0.4, -0.2) is 23.3 Å². The summed E-state index contributed by atoms with van der Waals surface area (Å²) in [6.07, 6.45) is 5.05. The van der Waals surface area contributed by atoms with Crippen molar-refractivity contribution in [1.82, 2.24) is 5.32 Å². The van der Waals surface area contributed by atoms with Crippen LogP contribution in [0.15, 0.2) is 0 Å². The first-order chi connectivity index (χ1) is 5.20. The molecule has 1 saturated carbocycles. The lowest BCUT2D eigenvalue weighted by atomic mass is 10.1. The van der Waals surface area contributed by atoms with Crippen LogP contribution in [-0.2, 0) is 0 Å². The molecule has 0 spiro atoms. The van der Waals surface area contributed by atoms with Crippen LogP contribution in [0.3, 0.4) is 0 Å². The van der Waals surface area contributed by atoms with E-state index in [4.69, 9.17) is 0 Å². The van der Waals surface area contributed by atoms with Gasteiger partial charge in [0.05, 0.1) is 6.10 Å². The van der Waals surface area contributed by atoms with Crippen molar-refractivity contribution in [3.63, 3.8) is 0 Å². The predicted octanol–water partition coefficient (Wildman–Crippen LogP) is 1.29. The van der Waals surface area contributed by atoms with Gasteiger partial charge in [-0.05, 0) is 26.7 Å². The fraction of sp³-hybridized carbons (Fsp3) is 1.00. The summed E-state index contributed by atoms with van der Waals surface area (Å²) in [6.45, 7) is 3.88. The lowest BCUT2D eigenvalue weighted by Crippen LogP contribution is -2.41. The molecule has 0 heterocycles. The van der Waals surface area contributed by atoms with Crippen molar-refractivity contribution in [1.29, 1.82) is 0 Å². The first-order valence-electron chi connectivity index (χ1n) is 4.64. The number of aliphatic hydroxyl groups is 1. The summed E-state index contributed by atoms with van der Waals surface area (Å²) in [5, 5.41) is 12.6. The lowest BCUT2D eigenvalue weighted by Gasteiger charge is -2.21. The third-order valence-corrected chi connectivity index (χ3v) is 2.58. The fourth-order valence-corrected chi connectivity index (χ4v) is 1.60. The normalized spacial score (nSPS) is 25.4. The van der Waals surface area contributed by atoms with Gasteiger partial charge in [-0.2, -0.15) is 0 Å². The van der Waals surface area contributed by atoms with Gasteiger partial charge < -0.3 is 10.4 Å². The minimum absolute atomic E-state index is 0.226. The molecule has 0 radical (unpaired) electrons. The molecular formula is C9H19NO. The number of hydrogen-bond acceptors (Lipinski definition) is 2. The minimum atomic E-state index is -0.226. The quantitative estimate of drug-likeness (QED) is 0.647. The van der Waals surface area contributed by atoms with Crippen LogP contribution in [0.5, 0.6) is 0 Å². The van der Waals surface area contributed by atoms with Crippen molar-refractivity contribution in [3.8, 4) is 0 Å². The zero-order valence-electron chi connectivity index (χ0n) is 7.51. The highest BCUT2D eigenvalue weighted by molar-refractivity contribution is 4.78. The fourth-order valence-electron chi connectivity index (χ4n) is 1.60. The largest absolute Gasteiger partial charge is 0.392 e. The van der Waals surface area contributed by atoms with Crippen LogP contribution in [0, 0.1) is 0 Å². The Morgan fingerprint density at radius 2 is 1.82 bits per heavy atom. The molecule has 0 aromatic carbocycles. The van der Waals surface area contributed by atoms with Gasteiger partial charge in [0.15, 0.2) is 0 Å². The zero-order chi connectivity index (χ0) is 8.27. The second-order valence-electron chi connectivity index (χ2n) is 3.68. The first kappa shape index (κ1) is 9.01. The van der Waals surface area contributed by atoms with Crippen molar-refractivity contribution in [2.45, 2.75) is 57.7 Å². The van der Waals surface area contributed by atoms with E-state index in [9.17, 15) is 5.11 Å². The smallest absolute Gasteiger partial charge is 0.0662 e. The molecule has 2 nitrogen and oxygen atoms in total. The molecule has 1 fully saturated rings. The van der Waals surface area contributed by atoms with E-state index in [1.165, 1.54) is 25.7 Å². The van der Waals surface area contributed by atoms with E-state index >= 15 is 0 Å². The molecule has 66 valence electrons. The number of rotatable bonds is 3. The summed E-state index contributed by atoms with van der Waals surface area (Å²) < 4.78 is 0. The SMILES string of the molecule is CC(O)C(C)NC1CCCC1. The van der Waals surface area contributed by atoms with E-state index in [0.29, 0.717) is 6.04 Å². The Kier molecular flexibility index (Phi) is 3.34. The Balaban J connectivity index is 2.18. The van der Waals surface area contributed by atoms with E-state index in [2.05, 4.69) is 5.32 Å². The Morgan fingerprint density at radius 1 is 1.27 bits per heavy atom. The van der Waals surface area contributed by atoms with Crippen LogP contribution in [0.4, 0.5) is 0 Å². The molecular weight excluding hydrogens is 138 g/mol. The Labute approximate surface area is 69.0 Å². The number of nitrogens with one attached hydrogen (secondary N) is 1. The second-order valence-corrected chi connectivity index (χ2v) is 3.68. The molecule has 1 rings (SSSR count). The maximum Gasteiger partial charge on any atom is 0.0662 e. The predicted molar refractivity (Wildman–Crippen MR) is 46.5 cm³/mol. The van der Waals surface area contributed by atoms with Crippen LogP contribution in [0.2, 0.25) is 0 Å². The van der Waals surface area contributed by atoms with E-state index < -0.39 is 0 Å². The molecule has 2 atom stereocenters. The van der Waals surface area contributed by atoms with Crippen LogP contribution >= 0.6 is 0 Å². The highest BCUT2D eigenvalue weighted by Crippen LogP contribution is 2.18. The summed E-state index contributed by atoms with van der Waals surface area (Å²) in [4.78, 5) is 0. The molecule has 0 bridgehead atoms. The Hall–Kier alpha value is -0.0800. The molecule has 1 aliphatic rings. The van der Waals surface area contributed by atoms with Gasteiger partial charge in [-0.1, -0.05) is 12.8 Å². The molecule has 0 aliphatic heterocycles. The molecule has 2 unspecified atom stereocenters. The van der Waals surface area contributed by atoms with Gasteiger partial charge in [-0.3, -0.25) is 0 Å². The summed E-state index contributed by atoms with van der Waals surface area (Å²) in [5.41, 5.74) is 0. The average molecular weight is 157 g/mol. The van der Waals surface area contributed by atoms with Gasteiger partial charge in [-0.25, -0.2) is 0 Å². The maximum atomic E-state index is 9.22. The van der Waals surface area contributed by atoms with Crippen LogP contribution in [0.1, 0.15) is 39.5 Å². The Bertz CT molecular complexity index is 108. The van der Waals surface area contributed by atoms with Crippen molar-refractivity contribution in [2.24, 2.45) is 0 Å². The van der Waals surface area contributed by atoms with Gasteiger partial charge in [0.25, 0.3) is 0 Å². The molecule has 0 amide bonds. The summed E-state index contributed by atoms with van der Waals surface area (Å²) in [6, 6.07) is 0.915. The van der Waals surface area contributed by atoms with Crippen LogP contribution < -0.4 is 5.32 Å². The first-order valence-corrected chi connectivity index (χ1v) is 4.64. The van der Waals surface area contributed by atoms with E-state index in [1.54, 1.807) is 0 Å². The standard InChI is InChI=1S/C9H19NO/c1-7(8(2)11)10-9-5-3-4-6-9/h7-11H,3-6H2,1-2H3. The Morgan fingerprint density at radius 3 is 2.27 bits per heavy atom. The highest BCUT2D eigenvalue weighted by Gasteiger charge is 2.18. The second kappa shape index (κ2) is 4.07. The third kappa shape index (κ3) is 2.80. The van der Waals surface area contributed by atoms with Gasteiger partial charge in [0.2, 0.25) is 0 Å². The lowest BCUT2D eigenvalue weighted by molar-refractivity contribution is 0.146. The van der Waals surface area contributed by atoms with Crippen molar-refractivity contribution in [2.75, 3.05) is 0 Å². The highest BCUT2D eigenvalue weighted by atomic mass is 16.3. The molecule has 0 saturated heterocycles.